The summed E-state index contributed by atoms with van der Waals surface area (Å²) in [4.78, 5) is 0.488. The van der Waals surface area contributed by atoms with E-state index in [9.17, 15) is 13.2 Å². The Kier molecular flexibility index (Phi) is 11.3. The molecule has 0 unspecified atom stereocenters. The zero-order chi connectivity index (χ0) is 18.5. The van der Waals surface area contributed by atoms with Gasteiger partial charge in [-0.05, 0) is 30.5 Å². The molecule has 25 heavy (non-hydrogen) atoms. The summed E-state index contributed by atoms with van der Waals surface area (Å²) in [5, 5.41) is 0. The van der Waals surface area contributed by atoms with Gasteiger partial charge in [-0.3, -0.25) is 0 Å². The largest absolute Gasteiger partial charge is 0.416 e. The van der Waals surface area contributed by atoms with Gasteiger partial charge in [-0.15, -0.1) is 0 Å². The predicted octanol–water partition coefficient (Wildman–Crippen LogP) is 7.82. The predicted molar refractivity (Wildman–Crippen MR) is 99.9 cm³/mol. The van der Waals surface area contributed by atoms with E-state index >= 15 is 0 Å². The minimum Gasteiger partial charge on any atom is -0.314 e. The van der Waals surface area contributed by atoms with E-state index in [-0.39, 0.29) is 0 Å². The molecule has 0 saturated carbocycles. The van der Waals surface area contributed by atoms with Gasteiger partial charge in [0.15, 0.2) is 0 Å². The number of benzene rings is 1. The molecule has 0 atom stereocenters. The normalized spacial score (nSPS) is 11.9. The molecule has 0 saturated heterocycles. The highest BCUT2D eigenvalue weighted by Crippen LogP contribution is 2.35. The van der Waals surface area contributed by atoms with E-state index < -0.39 is 11.7 Å². The number of halogens is 3. The molecule has 0 aliphatic rings. The fourth-order valence-electron chi connectivity index (χ4n) is 2.99. The van der Waals surface area contributed by atoms with E-state index in [1.165, 1.54) is 58.1 Å². The molecule has 0 radical (unpaired) electrons. The Morgan fingerprint density at radius 1 is 0.880 bits per heavy atom. The van der Waals surface area contributed by atoms with Crippen LogP contribution < -0.4 is 0 Å². The third-order valence-electron chi connectivity index (χ3n) is 4.37. The van der Waals surface area contributed by atoms with Crippen LogP contribution in [0.5, 0.6) is 0 Å². The maximum atomic E-state index is 13.2. The molecule has 0 aliphatic heterocycles. The second-order valence-electron chi connectivity index (χ2n) is 6.50. The van der Waals surface area contributed by atoms with Gasteiger partial charge in [0.25, 0.3) is 0 Å². The summed E-state index contributed by atoms with van der Waals surface area (Å²) in [7, 11) is 1.45. The topological polar surface area (TPSA) is 9.23 Å². The molecule has 0 aromatic heterocycles. The molecular formula is C20H31F3OS. The molecule has 0 amide bonds. The monoisotopic (exact) mass is 376 g/mol. The van der Waals surface area contributed by atoms with Gasteiger partial charge in [0.2, 0.25) is 0 Å². The summed E-state index contributed by atoms with van der Waals surface area (Å²) in [6.45, 7) is 2.22. The lowest BCUT2D eigenvalue weighted by molar-refractivity contribution is -0.138. The fourth-order valence-corrected chi connectivity index (χ4v) is 3.47. The van der Waals surface area contributed by atoms with Crippen LogP contribution in [0.25, 0.3) is 0 Å². The zero-order valence-corrected chi connectivity index (χ0v) is 16.3. The van der Waals surface area contributed by atoms with E-state index in [2.05, 4.69) is 6.92 Å². The van der Waals surface area contributed by atoms with Crippen molar-refractivity contribution in [1.29, 1.82) is 0 Å². The maximum absolute atomic E-state index is 13.2. The Morgan fingerprint density at radius 3 is 1.96 bits per heavy atom. The molecule has 1 aromatic rings. The Labute approximate surface area is 154 Å². The van der Waals surface area contributed by atoms with Gasteiger partial charge in [0.1, 0.15) is 0 Å². The minimum atomic E-state index is -4.31. The smallest absolute Gasteiger partial charge is 0.314 e. The van der Waals surface area contributed by atoms with Crippen molar-refractivity contribution in [1.82, 2.24) is 0 Å². The van der Waals surface area contributed by atoms with Crippen LogP contribution in [0.4, 0.5) is 13.2 Å². The van der Waals surface area contributed by atoms with E-state index in [1.54, 1.807) is 12.1 Å². The molecule has 0 spiro atoms. The second kappa shape index (κ2) is 12.6. The number of unbranched alkanes of at least 4 members (excludes halogenated alkanes) is 9. The van der Waals surface area contributed by atoms with Crippen LogP contribution in [0.15, 0.2) is 23.1 Å². The van der Waals surface area contributed by atoms with Crippen molar-refractivity contribution in [3.05, 3.63) is 29.3 Å². The van der Waals surface area contributed by atoms with Gasteiger partial charge < -0.3 is 4.18 Å². The van der Waals surface area contributed by atoms with Crippen molar-refractivity contribution in [2.75, 3.05) is 7.11 Å². The first kappa shape index (κ1) is 22.4. The summed E-state index contributed by atoms with van der Waals surface area (Å²) in [6, 6.07) is 4.49. The summed E-state index contributed by atoms with van der Waals surface area (Å²) >= 11 is 0.959. The van der Waals surface area contributed by atoms with Crippen LogP contribution >= 0.6 is 12.0 Å². The molecule has 0 bridgehead atoms. The number of alkyl halides is 3. The van der Waals surface area contributed by atoms with E-state index in [0.29, 0.717) is 16.9 Å². The maximum Gasteiger partial charge on any atom is 0.416 e. The van der Waals surface area contributed by atoms with Crippen molar-refractivity contribution in [2.24, 2.45) is 0 Å². The second-order valence-corrected chi connectivity index (χ2v) is 7.47. The Bertz CT molecular complexity index is 474. The van der Waals surface area contributed by atoms with E-state index in [1.807, 2.05) is 0 Å². The molecule has 5 heteroatoms. The van der Waals surface area contributed by atoms with Crippen LogP contribution in [0, 0.1) is 0 Å². The van der Waals surface area contributed by atoms with Crippen LogP contribution in [-0.4, -0.2) is 7.11 Å². The average Bonchev–Trinajstić information content (AvgIpc) is 2.57. The van der Waals surface area contributed by atoms with Crippen molar-refractivity contribution in [3.8, 4) is 0 Å². The lowest BCUT2D eigenvalue weighted by Gasteiger charge is -2.14. The van der Waals surface area contributed by atoms with Crippen LogP contribution in [0.3, 0.4) is 0 Å². The third-order valence-corrected chi connectivity index (χ3v) is 4.98. The number of aryl methyl sites for hydroxylation is 1. The van der Waals surface area contributed by atoms with Crippen LogP contribution in [0.1, 0.15) is 82.3 Å². The molecule has 0 aliphatic carbocycles. The number of hydrogen-bond acceptors (Lipinski definition) is 2. The molecule has 0 N–H and O–H groups in total. The standard InChI is InChI=1S/C20H31F3OS/c1-3-4-5-6-7-8-9-10-11-12-13-17-14-15-18(25-24-2)16-19(17)20(21,22)23/h14-16H,3-13H2,1-2H3. The van der Waals surface area contributed by atoms with Gasteiger partial charge in [-0.25, -0.2) is 0 Å². The van der Waals surface area contributed by atoms with Crippen LogP contribution in [0.2, 0.25) is 0 Å². The van der Waals surface area contributed by atoms with Crippen LogP contribution in [-0.2, 0) is 16.8 Å². The molecule has 1 rings (SSSR count). The van der Waals surface area contributed by atoms with Crippen molar-refractivity contribution in [2.45, 2.75) is 88.6 Å². The first-order chi connectivity index (χ1) is 12.0. The highest BCUT2D eigenvalue weighted by atomic mass is 32.2. The molecule has 0 fully saturated rings. The Hall–Kier alpha value is -0.680. The number of hydrogen-bond donors (Lipinski definition) is 0. The molecule has 1 aromatic carbocycles. The molecule has 1 nitrogen and oxygen atoms in total. The summed E-state index contributed by atoms with van der Waals surface area (Å²) in [5.41, 5.74) is -0.127. The fraction of sp³-hybridized carbons (Fsp3) is 0.700. The van der Waals surface area contributed by atoms with E-state index in [4.69, 9.17) is 4.18 Å². The SMILES string of the molecule is CCCCCCCCCCCCc1ccc(SOC)cc1C(F)(F)F. The van der Waals surface area contributed by atoms with Crippen molar-refractivity contribution in [3.63, 3.8) is 0 Å². The minimum absolute atomic E-state index is 0.396. The zero-order valence-electron chi connectivity index (χ0n) is 15.5. The van der Waals surface area contributed by atoms with Gasteiger partial charge in [-0.1, -0.05) is 70.8 Å². The quantitative estimate of drug-likeness (QED) is 0.256. The summed E-state index contributed by atoms with van der Waals surface area (Å²) in [6.07, 6.45) is 8.08. The number of rotatable bonds is 13. The van der Waals surface area contributed by atoms with Gasteiger partial charge in [0, 0.05) is 16.9 Å². The van der Waals surface area contributed by atoms with Gasteiger partial charge >= 0.3 is 6.18 Å². The molecular weight excluding hydrogens is 345 g/mol. The highest BCUT2D eigenvalue weighted by Gasteiger charge is 2.33. The first-order valence-electron chi connectivity index (χ1n) is 9.39. The lowest BCUT2D eigenvalue weighted by atomic mass is 9.99. The third kappa shape index (κ3) is 9.55. The Morgan fingerprint density at radius 2 is 1.44 bits per heavy atom. The summed E-state index contributed by atoms with van der Waals surface area (Å²) < 4.78 is 44.5. The Balaban J connectivity index is 2.32. The lowest BCUT2D eigenvalue weighted by Crippen LogP contribution is -2.09. The highest BCUT2D eigenvalue weighted by molar-refractivity contribution is 7.94. The van der Waals surface area contributed by atoms with Crippen molar-refractivity contribution >= 4 is 12.0 Å². The van der Waals surface area contributed by atoms with E-state index in [0.717, 1.165) is 31.3 Å². The molecule has 144 valence electrons. The van der Waals surface area contributed by atoms with Gasteiger partial charge in [-0.2, -0.15) is 13.2 Å². The first-order valence-corrected chi connectivity index (χ1v) is 10.1. The summed E-state index contributed by atoms with van der Waals surface area (Å²) in [5.74, 6) is 0. The van der Waals surface area contributed by atoms with Gasteiger partial charge in [0.05, 0.1) is 12.7 Å². The molecule has 0 heterocycles. The average molecular weight is 377 g/mol. The van der Waals surface area contributed by atoms with Crippen molar-refractivity contribution < 1.29 is 17.4 Å².